The lowest BCUT2D eigenvalue weighted by molar-refractivity contribution is 0.480. The summed E-state index contributed by atoms with van der Waals surface area (Å²) in [5.74, 6) is 1.00. The third-order valence-corrected chi connectivity index (χ3v) is 5.08. The molecule has 1 saturated heterocycles. The maximum absolute atomic E-state index is 12.2. The summed E-state index contributed by atoms with van der Waals surface area (Å²) in [5, 5.41) is 4.51. The van der Waals surface area contributed by atoms with Crippen molar-refractivity contribution >= 4 is 5.82 Å². The lowest BCUT2D eigenvalue weighted by Gasteiger charge is -2.26. The van der Waals surface area contributed by atoms with Crippen LogP contribution < -0.4 is 21.7 Å². The van der Waals surface area contributed by atoms with Gasteiger partial charge in [0.2, 0.25) is 0 Å². The number of H-pyrrole nitrogens is 1. The summed E-state index contributed by atoms with van der Waals surface area (Å²) in [7, 11) is 1.44. The second-order valence-electron chi connectivity index (χ2n) is 6.90. The summed E-state index contributed by atoms with van der Waals surface area (Å²) in [5.41, 5.74) is 0.0921. The van der Waals surface area contributed by atoms with Gasteiger partial charge in [-0.15, -0.1) is 0 Å². The third-order valence-electron chi connectivity index (χ3n) is 5.08. The zero-order valence-electron chi connectivity index (χ0n) is 14.1. The van der Waals surface area contributed by atoms with Gasteiger partial charge in [-0.3, -0.25) is 19.1 Å². The second-order valence-corrected chi connectivity index (χ2v) is 6.90. The highest BCUT2D eigenvalue weighted by molar-refractivity contribution is 5.39. The summed E-state index contributed by atoms with van der Waals surface area (Å²) in [6, 6.07) is 4.88. The van der Waals surface area contributed by atoms with Crippen molar-refractivity contribution < 1.29 is 0 Å². The number of anilines is 1. The monoisotopic (exact) mass is 343 g/mol. The Kier molecular flexibility index (Phi) is 3.82. The first kappa shape index (κ1) is 15.9. The topological polar surface area (TPSA) is 93.0 Å². The van der Waals surface area contributed by atoms with E-state index in [-0.39, 0.29) is 17.2 Å². The number of nitrogens with zero attached hydrogens (tertiary/aromatic N) is 4. The number of hydrogen-bond acceptors (Lipinski definition) is 5. The fourth-order valence-corrected chi connectivity index (χ4v) is 3.43. The van der Waals surface area contributed by atoms with Crippen LogP contribution in [0.4, 0.5) is 5.82 Å². The Labute approximate surface area is 143 Å². The molecule has 3 heterocycles. The lowest BCUT2D eigenvalue weighted by atomic mass is 10.2. The predicted octanol–water partition coefficient (Wildman–Crippen LogP) is 0.177. The Bertz CT molecular complexity index is 938. The van der Waals surface area contributed by atoms with Crippen LogP contribution in [0.2, 0.25) is 0 Å². The lowest BCUT2D eigenvalue weighted by Crippen LogP contribution is -2.40. The molecule has 1 aliphatic carbocycles. The number of rotatable bonds is 4. The Morgan fingerprint density at radius 3 is 2.68 bits per heavy atom. The van der Waals surface area contributed by atoms with Gasteiger partial charge in [-0.1, -0.05) is 0 Å². The van der Waals surface area contributed by atoms with Crippen molar-refractivity contribution in [1.82, 2.24) is 19.3 Å². The van der Waals surface area contributed by atoms with Gasteiger partial charge in [0.05, 0.1) is 18.3 Å². The molecular weight excluding hydrogens is 322 g/mol. The first-order valence-electron chi connectivity index (χ1n) is 8.68. The second kappa shape index (κ2) is 6.02. The van der Waals surface area contributed by atoms with E-state index in [0.717, 1.165) is 42.5 Å². The van der Waals surface area contributed by atoms with Crippen molar-refractivity contribution in [3.63, 3.8) is 0 Å². The van der Waals surface area contributed by atoms with Gasteiger partial charge < -0.3 is 4.90 Å². The van der Waals surface area contributed by atoms with Gasteiger partial charge in [-0.2, -0.15) is 5.10 Å². The molecule has 1 saturated carbocycles. The Morgan fingerprint density at radius 1 is 1.16 bits per heavy atom. The summed E-state index contributed by atoms with van der Waals surface area (Å²) >= 11 is 0. The molecular formula is C17H21N5O3. The Hall–Kier alpha value is -2.64. The molecule has 8 nitrogen and oxygen atoms in total. The highest BCUT2D eigenvalue weighted by Crippen LogP contribution is 2.38. The van der Waals surface area contributed by atoms with Gasteiger partial charge in [-0.05, 0) is 31.7 Å². The minimum absolute atomic E-state index is 0.0300. The average Bonchev–Trinajstić information content (AvgIpc) is 3.33. The summed E-state index contributed by atoms with van der Waals surface area (Å²) < 4.78 is 2.57. The van der Waals surface area contributed by atoms with Crippen LogP contribution in [0.1, 0.15) is 37.3 Å². The van der Waals surface area contributed by atoms with Crippen LogP contribution in [0.3, 0.4) is 0 Å². The van der Waals surface area contributed by atoms with Crippen molar-refractivity contribution in [3.8, 4) is 0 Å². The molecule has 8 heteroatoms. The minimum atomic E-state index is -0.431. The van der Waals surface area contributed by atoms with E-state index in [1.165, 1.54) is 17.8 Å². The van der Waals surface area contributed by atoms with Crippen LogP contribution in [-0.2, 0) is 13.6 Å². The molecule has 132 valence electrons. The van der Waals surface area contributed by atoms with Crippen LogP contribution in [-0.4, -0.2) is 31.9 Å². The van der Waals surface area contributed by atoms with E-state index in [1.807, 2.05) is 11.0 Å². The zero-order valence-corrected chi connectivity index (χ0v) is 14.1. The number of aromatic nitrogens is 4. The number of aromatic amines is 1. The van der Waals surface area contributed by atoms with E-state index in [0.29, 0.717) is 18.3 Å². The fourth-order valence-electron chi connectivity index (χ4n) is 3.43. The van der Waals surface area contributed by atoms with E-state index in [9.17, 15) is 14.4 Å². The standard InChI is InChI=1S/C17H21N5O3/c1-20-16(24)9-14(18-17(20)25)21-8-2-3-12(21)10-22-15(23)7-6-13(19-22)11-4-5-11/h6-7,9,11-12H,2-5,8,10H2,1H3,(H,18,25). The van der Waals surface area contributed by atoms with E-state index < -0.39 is 5.69 Å². The summed E-state index contributed by atoms with van der Waals surface area (Å²) in [4.78, 5) is 40.7. The first-order valence-corrected chi connectivity index (χ1v) is 8.68. The van der Waals surface area contributed by atoms with Crippen LogP contribution in [0, 0.1) is 0 Å². The van der Waals surface area contributed by atoms with Crippen LogP contribution >= 0.6 is 0 Å². The number of nitrogens with one attached hydrogen (secondary N) is 1. The molecule has 25 heavy (non-hydrogen) atoms. The molecule has 0 amide bonds. The maximum atomic E-state index is 12.2. The smallest absolute Gasteiger partial charge is 0.329 e. The van der Waals surface area contributed by atoms with E-state index in [2.05, 4.69) is 10.1 Å². The van der Waals surface area contributed by atoms with Gasteiger partial charge in [0.1, 0.15) is 5.82 Å². The van der Waals surface area contributed by atoms with Gasteiger partial charge in [-0.25, -0.2) is 9.48 Å². The number of hydrogen-bond donors (Lipinski definition) is 1. The third kappa shape index (κ3) is 3.04. The molecule has 1 N–H and O–H groups in total. The van der Waals surface area contributed by atoms with Gasteiger partial charge in [0.15, 0.2) is 0 Å². The van der Waals surface area contributed by atoms with Gasteiger partial charge in [0.25, 0.3) is 11.1 Å². The highest BCUT2D eigenvalue weighted by atomic mass is 16.2. The van der Waals surface area contributed by atoms with Crippen molar-refractivity contribution in [2.24, 2.45) is 7.05 Å². The zero-order chi connectivity index (χ0) is 17.6. The van der Waals surface area contributed by atoms with Crippen molar-refractivity contribution in [2.75, 3.05) is 11.4 Å². The molecule has 2 aromatic heterocycles. The Balaban J connectivity index is 1.62. The normalized spacial score (nSPS) is 20.2. The van der Waals surface area contributed by atoms with Crippen LogP contribution in [0.25, 0.3) is 0 Å². The molecule has 4 rings (SSSR count). The molecule has 0 spiro atoms. The summed E-state index contributed by atoms with van der Waals surface area (Å²) in [6.07, 6.45) is 4.10. The first-order chi connectivity index (χ1) is 12.0. The van der Waals surface area contributed by atoms with Crippen molar-refractivity contribution in [2.45, 2.75) is 44.2 Å². The molecule has 0 aromatic carbocycles. The van der Waals surface area contributed by atoms with E-state index in [1.54, 1.807) is 6.07 Å². The summed E-state index contributed by atoms with van der Waals surface area (Å²) in [6.45, 7) is 1.20. The van der Waals surface area contributed by atoms with Crippen LogP contribution in [0.5, 0.6) is 0 Å². The Morgan fingerprint density at radius 2 is 1.96 bits per heavy atom. The minimum Gasteiger partial charge on any atom is -0.353 e. The van der Waals surface area contributed by atoms with E-state index >= 15 is 0 Å². The average molecular weight is 343 g/mol. The SMILES string of the molecule is Cn1c(=O)cc(N2CCCC2Cn2nc(C3CC3)ccc2=O)[nH]c1=O. The predicted molar refractivity (Wildman–Crippen MR) is 93.1 cm³/mol. The molecule has 2 aromatic rings. The quantitative estimate of drug-likeness (QED) is 0.855. The largest absolute Gasteiger partial charge is 0.353 e. The molecule has 1 unspecified atom stereocenters. The molecule has 1 atom stereocenters. The highest BCUT2D eigenvalue weighted by Gasteiger charge is 2.29. The van der Waals surface area contributed by atoms with Crippen molar-refractivity contribution in [1.29, 1.82) is 0 Å². The molecule has 1 aliphatic heterocycles. The molecule has 2 fully saturated rings. The molecule has 0 bridgehead atoms. The van der Waals surface area contributed by atoms with Crippen LogP contribution in [0.15, 0.2) is 32.6 Å². The molecule has 2 aliphatic rings. The van der Waals surface area contributed by atoms with Gasteiger partial charge in [0, 0.05) is 31.6 Å². The maximum Gasteiger partial charge on any atom is 0.329 e. The fraction of sp³-hybridized carbons (Fsp3) is 0.529. The van der Waals surface area contributed by atoms with E-state index in [4.69, 9.17) is 0 Å². The van der Waals surface area contributed by atoms with Gasteiger partial charge >= 0.3 is 5.69 Å². The van der Waals surface area contributed by atoms with Crippen molar-refractivity contribution in [3.05, 3.63) is 55.1 Å². The molecule has 0 radical (unpaired) electrons.